The normalized spacial score (nSPS) is 12.1. The van der Waals surface area contributed by atoms with Crippen LogP contribution in [-0.2, 0) is 28.6 Å². The minimum atomic E-state index is -0.769. The summed E-state index contributed by atoms with van der Waals surface area (Å²) >= 11 is 0. The lowest BCUT2D eigenvalue weighted by molar-refractivity contribution is -0.167. The van der Waals surface area contributed by atoms with E-state index in [1.165, 1.54) is 327 Å². The lowest BCUT2D eigenvalue weighted by Gasteiger charge is -2.18. The van der Waals surface area contributed by atoms with Crippen molar-refractivity contribution in [2.24, 2.45) is 0 Å². The highest BCUT2D eigenvalue weighted by Gasteiger charge is 2.20. The highest BCUT2D eigenvalue weighted by molar-refractivity contribution is 5.71. The van der Waals surface area contributed by atoms with Crippen molar-refractivity contribution in [1.82, 2.24) is 0 Å². The van der Waals surface area contributed by atoms with Crippen molar-refractivity contribution in [2.75, 3.05) is 13.2 Å². The Kier molecular flexibility index (Phi) is 70.5. The van der Waals surface area contributed by atoms with Crippen molar-refractivity contribution >= 4 is 17.9 Å². The zero-order valence-corrected chi connectivity index (χ0v) is 56.5. The predicted octanol–water partition coefficient (Wildman–Crippen LogP) is 26.1. The maximum absolute atomic E-state index is 13.0. The first-order chi connectivity index (χ1) is 41.0. The zero-order valence-electron chi connectivity index (χ0n) is 56.5. The van der Waals surface area contributed by atoms with E-state index in [9.17, 15) is 14.4 Å². The van der Waals surface area contributed by atoms with Crippen molar-refractivity contribution in [3.8, 4) is 0 Å². The number of hydrogen-bond donors (Lipinski definition) is 0. The third kappa shape index (κ3) is 70.5. The van der Waals surface area contributed by atoms with Crippen LogP contribution in [0, 0.1) is 0 Å². The van der Waals surface area contributed by atoms with Gasteiger partial charge < -0.3 is 14.2 Å². The topological polar surface area (TPSA) is 78.9 Å². The van der Waals surface area contributed by atoms with Crippen LogP contribution in [0.25, 0.3) is 0 Å². The number of unbranched alkanes of at least 4 members (excludes halogenated alkanes) is 56. The minimum absolute atomic E-state index is 0.0652. The maximum atomic E-state index is 13.0. The number of ether oxygens (including phenoxy) is 3. The molecule has 0 N–H and O–H groups in total. The zero-order chi connectivity index (χ0) is 59.9. The van der Waals surface area contributed by atoms with Gasteiger partial charge in [-0.3, -0.25) is 14.4 Å². The van der Waals surface area contributed by atoms with Crippen molar-refractivity contribution < 1.29 is 28.6 Å². The Morgan fingerprint density at radius 1 is 0.241 bits per heavy atom. The van der Waals surface area contributed by atoms with Gasteiger partial charge in [-0.25, -0.2) is 0 Å². The summed E-state index contributed by atoms with van der Waals surface area (Å²) in [6.45, 7) is 6.71. The molecule has 6 heteroatoms. The molecule has 0 rings (SSSR count). The monoisotopic (exact) mass is 1170 g/mol. The van der Waals surface area contributed by atoms with Crippen LogP contribution in [0.3, 0.4) is 0 Å². The molecule has 0 saturated carbocycles. The number of carbonyl (C=O) groups is 3. The summed E-state index contributed by atoms with van der Waals surface area (Å²) < 4.78 is 17.0. The fourth-order valence-corrected chi connectivity index (χ4v) is 11.8. The third-order valence-corrected chi connectivity index (χ3v) is 17.5. The average Bonchev–Trinajstić information content (AvgIpc) is 3.49. The molecule has 1 unspecified atom stereocenters. The van der Waals surface area contributed by atoms with Crippen molar-refractivity contribution in [1.29, 1.82) is 0 Å². The van der Waals surface area contributed by atoms with Crippen LogP contribution >= 0.6 is 0 Å². The average molecular weight is 1170 g/mol. The second-order valence-electron chi connectivity index (χ2n) is 25.9. The number of rotatable bonds is 71. The lowest BCUT2D eigenvalue weighted by Crippen LogP contribution is -2.30. The van der Waals surface area contributed by atoms with Crippen LogP contribution in [0.1, 0.15) is 432 Å². The molecule has 0 aromatic heterocycles. The number of carbonyl (C=O) groups excluding carboxylic acids is 3. The van der Waals surface area contributed by atoms with Crippen LogP contribution in [0.2, 0.25) is 0 Å². The van der Waals surface area contributed by atoms with Gasteiger partial charge in [-0.2, -0.15) is 0 Å². The van der Waals surface area contributed by atoms with Crippen molar-refractivity contribution in [3.63, 3.8) is 0 Å². The Hall–Kier alpha value is -2.11. The Bertz CT molecular complexity index is 1340. The van der Waals surface area contributed by atoms with E-state index in [-0.39, 0.29) is 31.1 Å². The molecule has 6 nitrogen and oxygen atoms in total. The lowest BCUT2D eigenvalue weighted by atomic mass is 10.0. The van der Waals surface area contributed by atoms with Crippen LogP contribution in [0.4, 0.5) is 0 Å². The molecule has 0 bridgehead atoms. The first-order valence-electron chi connectivity index (χ1n) is 37.8. The molecule has 490 valence electrons. The summed E-state index contributed by atoms with van der Waals surface area (Å²) in [5.41, 5.74) is 0. The van der Waals surface area contributed by atoms with Gasteiger partial charge in [0.2, 0.25) is 0 Å². The molecule has 83 heavy (non-hydrogen) atoms. The summed E-state index contributed by atoms with van der Waals surface area (Å²) in [7, 11) is 0. The quantitative estimate of drug-likeness (QED) is 0.0261. The predicted molar refractivity (Wildman–Crippen MR) is 363 cm³/mol. The molecule has 0 radical (unpaired) electrons. The molecule has 0 heterocycles. The summed E-state index contributed by atoms with van der Waals surface area (Å²) in [4.78, 5) is 38.5. The second-order valence-corrected chi connectivity index (χ2v) is 25.9. The van der Waals surface area contributed by atoms with E-state index >= 15 is 0 Å². The largest absolute Gasteiger partial charge is 0.462 e. The van der Waals surface area contributed by atoms with Crippen LogP contribution in [-0.4, -0.2) is 37.2 Å². The summed E-state index contributed by atoms with van der Waals surface area (Å²) in [5.74, 6) is -0.833. The highest BCUT2D eigenvalue weighted by Crippen LogP contribution is 2.19. The molecule has 0 aromatic rings. The fourth-order valence-electron chi connectivity index (χ4n) is 11.8. The molecular weight excluding hydrogens is 1020 g/mol. The van der Waals surface area contributed by atoms with Crippen LogP contribution in [0.15, 0.2) is 24.3 Å². The van der Waals surface area contributed by atoms with Gasteiger partial charge in [-0.05, 0) is 51.4 Å². The first-order valence-corrected chi connectivity index (χ1v) is 37.8. The summed E-state index contributed by atoms with van der Waals surface area (Å²) in [5, 5.41) is 0. The van der Waals surface area contributed by atoms with E-state index in [0.29, 0.717) is 19.3 Å². The molecule has 1 atom stereocenters. The standard InChI is InChI=1S/C77H146O6/c1-4-7-10-13-16-19-22-25-27-29-31-33-35-36-37-38-39-40-41-43-44-46-48-50-52-55-58-61-64-67-70-76(79)82-73-74(72-81-75(78)69-66-63-60-57-54-24-21-18-15-12-9-6-3)83-77(80)71-68-65-62-59-56-53-51-49-47-45-42-34-32-30-28-26-23-20-17-14-11-8-5-2/h23,26,30,32,74H,4-22,24-25,27-29,31,33-73H2,1-3H3/b26-23-,32-30-. The summed E-state index contributed by atoms with van der Waals surface area (Å²) in [6, 6.07) is 0. The van der Waals surface area contributed by atoms with E-state index in [0.717, 1.165) is 64.2 Å². The number of esters is 3. The molecule has 0 aromatic carbocycles. The fraction of sp³-hybridized carbons (Fsp3) is 0.909. The van der Waals surface area contributed by atoms with Gasteiger partial charge in [-0.1, -0.05) is 385 Å². The van der Waals surface area contributed by atoms with Gasteiger partial charge in [-0.15, -0.1) is 0 Å². The highest BCUT2D eigenvalue weighted by atomic mass is 16.6. The molecule has 0 amide bonds. The maximum Gasteiger partial charge on any atom is 0.306 e. The van der Waals surface area contributed by atoms with Gasteiger partial charge >= 0.3 is 17.9 Å². The van der Waals surface area contributed by atoms with Gasteiger partial charge in [0.15, 0.2) is 6.10 Å². The Morgan fingerprint density at radius 3 is 0.663 bits per heavy atom. The van der Waals surface area contributed by atoms with Gasteiger partial charge in [0.05, 0.1) is 0 Å². The van der Waals surface area contributed by atoms with Crippen LogP contribution in [0.5, 0.6) is 0 Å². The van der Waals surface area contributed by atoms with Crippen LogP contribution < -0.4 is 0 Å². The van der Waals surface area contributed by atoms with Gasteiger partial charge in [0.1, 0.15) is 13.2 Å². The van der Waals surface area contributed by atoms with Crippen molar-refractivity contribution in [2.45, 2.75) is 438 Å². The number of allylic oxidation sites excluding steroid dienone is 4. The van der Waals surface area contributed by atoms with E-state index in [2.05, 4.69) is 45.1 Å². The van der Waals surface area contributed by atoms with E-state index < -0.39 is 6.10 Å². The van der Waals surface area contributed by atoms with Gasteiger partial charge in [0, 0.05) is 19.3 Å². The molecule has 0 aliphatic carbocycles. The molecule has 0 spiro atoms. The van der Waals surface area contributed by atoms with E-state index in [4.69, 9.17) is 14.2 Å². The summed E-state index contributed by atoms with van der Waals surface area (Å²) in [6.07, 6.45) is 89.5. The van der Waals surface area contributed by atoms with Gasteiger partial charge in [0.25, 0.3) is 0 Å². The second kappa shape index (κ2) is 72.4. The van der Waals surface area contributed by atoms with E-state index in [1.54, 1.807) is 0 Å². The number of hydrogen-bond acceptors (Lipinski definition) is 6. The SMILES string of the molecule is CCCCCCC/C=C\C/C=C\CCCCCCCCCCCCCC(=O)OC(COC(=O)CCCCCCCCCCCCCC)COC(=O)CCCCCCCCCCCCCCCCCCCCCCCCCCCCCCCC. The Labute approximate surface area is 519 Å². The smallest absolute Gasteiger partial charge is 0.306 e. The molecule has 0 aliphatic heterocycles. The molecule has 0 fully saturated rings. The molecule has 0 saturated heterocycles. The molecular formula is C77H146O6. The Balaban J connectivity index is 4.13. The Morgan fingerprint density at radius 2 is 0.434 bits per heavy atom. The third-order valence-electron chi connectivity index (χ3n) is 17.5. The van der Waals surface area contributed by atoms with E-state index in [1.807, 2.05) is 0 Å². The first kappa shape index (κ1) is 80.9. The molecule has 0 aliphatic rings. The van der Waals surface area contributed by atoms with Crippen molar-refractivity contribution in [3.05, 3.63) is 24.3 Å². The minimum Gasteiger partial charge on any atom is -0.462 e.